The third kappa shape index (κ3) is 2.98. The molecule has 0 saturated heterocycles. The maximum Gasteiger partial charge on any atom is 0.352 e. The van der Waals surface area contributed by atoms with Crippen LogP contribution in [0.5, 0.6) is 5.88 Å². The second-order valence-electron chi connectivity index (χ2n) is 6.85. The highest BCUT2D eigenvalue weighted by Crippen LogP contribution is 2.36. The lowest BCUT2D eigenvalue weighted by Gasteiger charge is -2.36. The van der Waals surface area contributed by atoms with Crippen molar-refractivity contribution in [1.29, 1.82) is 0 Å². The molecule has 1 aromatic heterocycles. The fourth-order valence-electron chi connectivity index (χ4n) is 3.38. The van der Waals surface area contributed by atoms with Crippen LogP contribution in [0.2, 0.25) is 0 Å². The largest absolute Gasteiger partial charge is 0.472 e. The predicted molar refractivity (Wildman–Crippen MR) is 95.4 cm³/mol. The lowest BCUT2D eigenvalue weighted by Crippen LogP contribution is -2.46. The van der Waals surface area contributed by atoms with Crippen molar-refractivity contribution in [1.82, 2.24) is 9.55 Å². The molecule has 0 aliphatic carbocycles. The fraction of sp³-hybridized carbons (Fsp3) is 0.368. The van der Waals surface area contributed by atoms with E-state index in [-0.39, 0.29) is 24.1 Å². The first-order chi connectivity index (χ1) is 12.3. The van der Waals surface area contributed by atoms with E-state index in [0.717, 1.165) is 6.07 Å². The van der Waals surface area contributed by atoms with Crippen molar-refractivity contribution in [3.8, 4) is 5.88 Å². The number of fused-ring (bicyclic) bond motifs is 1. The monoisotopic (exact) mass is 361 g/mol. The average molecular weight is 361 g/mol. The first-order valence-electron chi connectivity index (χ1n) is 8.37. The molecule has 1 atom stereocenters. The highest BCUT2D eigenvalue weighted by Gasteiger charge is 2.40. The summed E-state index contributed by atoms with van der Waals surface area (Å²) in [5, 5.41) is 0. The molecule has 2 heterocycles. The zero-order valence-electron chi connectivity index (χ0n) is 15.0. The van der Waals surface area contributed by atoms with Crippen molar-refractivity contribution in [3.05, 3.63) is 64.6 Å². The second-order valence-corrected chi connectivity index (χ2v) is 6.85. The van der Waals surface area contributed by atoms with Gasteiger partial charge in [-0.2, -0.15) is 4.98 Å². The fourth-order valence-corrected chi connectivity index (χ4v) is 3.38. The number of benzene rings is 1. The minimum Gasteiger partial charge on any atom is -0.472 e. The summed E-state index contributed by atoms with van der Waals surface area (Å²) in [6.07, 6.45) is 1.81. The number of anilines is 1. The quantitative estimate of drug-likeness (QED) is 0.767. The van der Waals surface area contributed by atoms with Gasteiger partial charge < -0.3 is 9.64 Å². The Hall–Kier alpha value is -2.70. The molecule has 3 rings (SSSR count). The molecule has 7 heteroatoms. The SMILES string of the molecule is C=CC1(C)Cn2c(cc(OCc3cccc(F)c3F)nc2=O)N1C(C)C. The number of nitrogens with zero attached hydrogens (tertiary/aromatic N) is 3. The molecule has 0 N–H and O–H groups in total. The minimum absolute atomic E-state index is 0.0593. The smallest absolute Gasteiger partial charge is 0.352 e. The molecule has 0 amide bonds. The molecule has 26 heavy (non-hydrogen) atoms. The van der Waals surface area contributed by atoms with Crippen molar-refractivity contribution < 1.29 is 13.5 Å². The molecule has 0 saturated carbocycles. The first kappa shape index (κ1) is 18.1. The van der Waals surface area contributed by atoms with Crippen LogP contribution in [0.15, 0.2) is 41.7 Å². The lowest BCUT2D eigenvalue weighted by molar-refractivity contribution is 0.283. The van der Waals surface area contributed by atoms with E-state index >= 15 is 0 Å². The summed E-state index contributed by atoms with van der Waals surface area (Å²) in [6.45, 7) is 10.1. The van der Waals surface area contributed by atoms with Gasteiger partial charge >= 0.3 is 5.69 Å². The third-order valence-corrected chi connectivity index (χ3v) is 4.60. The van der Waals surface area contributed by atoms with E-state index in [9.17, 15) is 13.6 Å². The maximum absolute atomic E-state index is 13.8. The highest BCUT2D eigenvalue weighted by molar-refractivity contribution is 5.52. The summed E-state index contributed by atoms with van der Waals surface area (Å²) in [7, 11) is 0. The van der Waals surface area contributed by atoms with Gasteiger partial charge in [-0.15, -0.1) is 6.58 Å². The molecule has 2 aromatic rings. The number of halogens is 2. The standard InChI is InChI=1S/C19H21F2N3O2/c1-5-19(4)11-23-16(24(19)12(2)3)9-15(22-18(23)25)26-10-13-7-6-8-14(20)17(13)21/h5-9,12H,1,10-11H2,2-4H3. The van der Waals surface area contributed by atoms with E-state index in [1.54, 1.807) is 10.6 Å². The molecule has 1 aromatic carbocycles. The topological polar surface area (TPSA) is 47.4 Å². The zero-order valence-corrected chi connectivity index (χ0v) is 15.0. The van der Waals surface area contributed by atoms with Crippen LogP contribution in [0.3, 0.4) is 0 Å². The van der Waals surface area contributed by atoms with Gasteiger partial charge in [-0.05, 0) is 26.8 Å². The van der Waals surface area contributed by atoms with Crippen molar-refractivity contribution >= 4 is 5.82 Å². The molecule has 1 aliphatic heterocycles. The van der Waals surface area contributed by atoms with Gasteiger partial charge in [0, 0.05) is 17.7 Å². The maximum atomic E-state index is 13.8. The number of ether oxygens (including phenoxy) is 1. The normalized spacial score (nSPS) is 18.9. The summed E-state index contributed by atoms with van der Waals surface area (Å²) in [4.78, 5) is 18.4. The Morgan fingerprint density at radius 3 is 2.81 bits per heavy atom. The molecule has 1 unspecified atom stereocenters. The van der Waals surface area contributed by atoms with Crippen molar-refractivity contribution in [2.45, 2.75) is 45.5 Å². The molecule has 138 valence electrons. The van der Waals surface area contributed by atoms with Gasteiger partial charge in [0.05, 0.1) is 12.1 Å². The van der Waals surface area contributed by atoms with Gasteiger partial charge in [0.15, 0.2) is 11.6 Å². The summed E-state index contributed by atoms with van der Waals surface area (Å²) in [5.74, 6) is -1.17. The van der Waals surface area contributed by atoms with Crippen LogP contribution in [0.4, 0.5) is 14.6 Å². The summed E-state index contributed by atoms with van der Waals surface area (Å²) < 4.78 is 34.1. The van der Waals surface area contributed by atoms with Crippen LogP contribution in [0.1, 0.15) is 26.3 Å². The van der Waals surface area contributed by atoms with Gasteiger partial charge in [-0.3, -0.25) is 4.57 Å². The number of aromatic nitrogens is 2. The average Bonchev–Trinajstić information content (AvgIpc) is 2.90. The molecule has 0 fully saturated rings. The first-order valence-corrected chi connectivity index (χ1v) is 8.37. The number of hydrogen-bond acceptors (Lipinski definition) is 4. The van der Waals surface area contributed by atoms with Crippen LogP contribution < -0.4 is 15.3 Å². The molecule has 5 nitrogen and oxygen atoms in total. The Labute approximate surface area is 150 Å². The van der Waals surface area contributed by atoms with Gasteiger partial charge in [0.2, 0.25) is 5.88 Å². The van der Waals surface area contributed by atoms with Crippen molar-refractivity contribution in [2.75, 3.05) is 4.90 Å². The Kier molecular flexibility index (Phi) is 4.56. The molecule has 1 aliphatic rings. The Morgan fingerprint density at radius 2 is 2.15 bits per heavy atom. The summed E-state index contributed by atoms with van der Waals surface area (Å²) >= 11 is 0. The number of rotatable bonds is 5. The van der Waals surface area contributed by atoms with E-state index in [4.69, 9.17) is 4.74 Å². The van der Waals surface area contributed by atoms with Crippen LogP contribution in [0, 0.1) is 11.6 Å². The van der Waals surface area contributed by atoms with Gasteiger partial charge in [-0.1, -0.05) is 18.2 Å². The van der Waals surface area contributed by atoms with Crippen LogP contribution in [-0.2, 0) is 13.2 Å². The minimum atomic E-state index is -0.964. The zero-order chi connectivity index (χ0) is 19.1. The Morgan fingerprint density at radius 1 is 1.42 bits per heavy atom. The van der Waals surface area contributed by atoms with Gasteiger partial charge in [0.25, 0.3) is 0 Å². The van der Waals surface area contributed by atoms with E-state index < -0.39 is 22.9 Å². The molecular weight excluding hydrogens is 340 g/mol. The van der Waals surface area contributed by atoms with E-state index in [2.05, 4.69) is 16.5 Å². The van der Waals surface area contributed by atoms with E-state index in [1.165, 1.54) is 12.1 Å². The van der Waals surface area contributed by atoms with Gasteiger partial charge in [0.1, 0.15) is 12.4 Å². The van der Waals surface area contributed by atoms with Crippen LogP contribution in [0.25, 0.3) is 0 Å². The van der Waals surface area contributed by atoms with E-state index in [0.29, 0.717) is 12.4 Å². The van der Waals surface area contributed by atoms with E-state index in [1.807, 2.05) is 26.8 Å². The second kappa shape index (κ2) is 6.55. The molecule has 0 radical (unpaired) electrons. The number of hydrogen-bond donors (Lipinski definition) is 0. The van der Waals surface area contributed by atoms with Gasteiger partial charge in [-0.25, -0.2) is 13.6 Å². The predicted octanol–water partition coefficient (Wildman–Crippen LogP) is 3.27. The van der Waals surface area contributed by atoms with Crippen LogP contribution >= 0.6 is 0 Å². The summed E-state index contributed by atoms with van der Waals surface area (Å²) in [5.41, 5.74) is -0.813. The van der Waals surface area contributed by atoms with Crippen LogP contribution in [-0.4, -0.2) is 21.1 Å². The van der Waals surface area contributed by atoms with Crippen molar-refractivity contribution in [2.24, 2.45) is 0 Å². The Bertz CT molecular complexity index is 910. The summed E-state index contributed by atoms with van der Waals surface area (Å²) in [6, 6.07) is 5.62. The molecule has 0 bridgehead atoms. The highest BCUT2D eigenvalue weighted by atomic mass is 19.2. The third-order valence-electron chi connectivity index (χ3n) is 4.60. The molecule has 0 spiro atoms. The van der Waals surface area contributed by atoms with Crippen molar-refractivity contribution in [3.63, 3.8) is 0 Å². The Balaban J connectivity index is 1.93. The molecular formula is C19H21F2N3O2. The lowest BCUT2D eigenvalue weighted by atomic mass is 10.0.